The molecule has 1 saturated heterocycles. The highest BCUT2D eigenvalue weighted by atomic mass is 16.7. The van der Waals surface area contributed by atoms with Crippen LogP contribution in [0.25, 0.3) is 10.9 Å². The number of ether oxygens (including phenoxy) is 3. The van der Waals surface area contributed by atoms with E-state index in [1.165, 1.54) is 37.7 Å². The van der Waals surface area contributed by atoms with Crippen molar-refractivity contribution in [3.8, 4) is 5.75 Å². The number of methoxy groups -OCH3 is 1. The molecular weight excluding hydrogens is 380 g/mol. The summed E-state index contributed by atoms with van der Waals surface area (Å²) in [5, 5.41) is 4.18. The van der Waals surface area contributed by atoms with Gasteiger partial charge in [0, 0.05) is 24.4 Å². The van der Waals surface area contributed by atoms with Crippen LogP contribution in [0.5, 0.6) is 5.75 Å². The number of aromatic nitrogens is 1. The first kappa shape index (κ1) is 21.1. The Morgan fingerprint density at radius 2 is 1.97 bits per heavy atom. The van der Waals surface area contributed by atoms with E-state index in [1.54, 1.807) is 7.11 Å². The maximum atomic E-state index is 12.3. The molecule has 0 spiro atoms. The zero-order valence-corrected chi connectivity index (χ0v) is 17.8. The van der Waals surface area contributed by atoms with Crippen LogP contribution in [0.2, 0.25) is 0 Å². The van der Waals surface area contributed by atoms with E-state index < -0.39 is 0 Å². The lowest BCUT2D eigenvalue weighted by Gasteiger charge is -2.30. The van der Waals surface area contributed by atoms with Gasteiger partial charge in [-0.2, -0.15) is 0 Å². The van der Waals surface area contributed by atoms with Crippen molar-refractivity contribution in [2.45, 2.75) is 63.7 Å². The fraction of sp³-hybridized carbons (Fsp3) is 0.583. The molecule has 2 aromatic rings. The second-order valence-electron chi connectivity index (χ2n) is 8.46. The largest absolute Gasteiger partial charge is 0.497 e. The number of amides is 1. The number of nitrogens with zero attached hydrogens (tertiary/aromatic N) is 1. The number of rotatable bonds is 7. The highest BCUT2D eigenvalue weighted by molar-refractivity contribution is 5.83. The molecule has 1 saturated carbocycles. The average Bonchev–Trinajstić information content (AvgIpc) is 2.79. The first-order valence-corrected chi connectivity index (χ1v) is 11.2. The molecule has 2 heterocycles. The van der Waals surface area contributed by atoms with Gasteiger partial charge < -0.3 is 19.5 Å². The van der Waals surface area contributed by atoms with Gasteiger partial charge in [0.15, 0.2) is 6.29 Å². The molecule has 0 unspecified atom stereocenters. The van der Waals surface area contributed by atoms with E-state index in [2.05, 4.69) is 10.3 Å². The number of fused-ring (bicyclic) bond motifs is 1. The van der Waals surface area contributed by atoms with Crippen molar-refractivity contribution in [1.82, 2.24) is 10.3 Å². The predicted octanol–water partition coefficient (Wildman–Crippen LogP) is 4.00. The highest BCUT2D eigenvalue weighted by Crippen LogP contribution is 2.27. The molecule has 1 aliphatic heterocycles. The molecule has 1 aromatic carbocycles. The minimum atomic E-state index is -0.245. The topological polar surface area (TPSA) is 69.7 Å². The van der Waals surface area contributed by atoms with Crippen molar-refractivity contribution in [3.05, 3.63) is 36.0 Å². The summed E-state index contributed by atoms with van der Waals surface area (Å²) in [4.78, 5) is 16.7. The number of carbonyl (C=O) groups excluding carboxylic acids is 1. The summed E-state index contributed by atoms with van der Waals surface area (Å²) in [6, 6.07) is 7.92. The number of pyridine rings is 1. The van der Waals surface area contributed by atoms with Gasteiger partial charge in [-0.05, 0) is 55.0 Å². The van der Waals surface area contributed by atoms with E-state index >= 15 is 0 Å². The highest BCUT2D eigenvalue weighted by Gasteiger charge is 2.25. The van der Waals surface area contributed by atoms with E-state index in [9.17, 15) is 4.79 Å². The van der Waals surface area contributed by atoms with E-state index in [4.69, 9.17) is 14.2 Å². The maximum Gasteiger partial charge on any atom is 0.220 e. The van der Waals surface area contributed by atoms with Crippen LogP contribution in [0.1, 0.15) is 50.5 Å². The van der Waals surface area contributed by atoms with Crippen molar-refractivity contribution in [3.63, 3.8) is 0 Å². The molecular formula is C24H32N2O4. The first-order chi connectivity index (χ1) is 14.7. The van der Waals surface area contributed by atoms with Crippen molar-refractivity contribution >= 4 is 16.8 Å². The number of carbonyl (C=O) groups is 1. The van der Waals surface area contributed by atoms with Crippen LogP contribution in [0.15, 0.2) is 30.5 Å². The van der Waals surface area contributed by atoms with E-state index in [1.807, 2.05) is 30.5 Å². The van der Waals surface area contributed by atoms with Gasteiger partial charge in [-0.25, -0.2) is 0 Å². The summed E-state index contributed by atoms with van der Waals surface area (Å²) in [7, 11) is 1.67. The van der Waals surface area contributed by atoms with Gasteiger partial charge in [-0.3, -0.25) is 9.78 Å². The molecule has 2 fully saturated rings. The van der Waals surface area contributed by atoms with Crippen molar-refractivity contribution in [2.75, 3.05) is 20.3 Å². The zero-order chi connectivity index (χ0) is 20.8. The molecule has 1 aromatic heterocycles. The third-order valence-electron chi connectivity index (χ3n) is 6.22. The average molecular weight is 413 g/mol. The molecule has 2 aliphatic rings. The molecule has 0 bridgehead atoms. The monoisotopic (exact) mass is 412 g/mol. The lowest BCUT2D eigenvalue weighted by molar-refractivity contribution is -0.192. The summed E-state index contributed by atoms with van der Waals surface area (Å²) >= 11 is 0. The quantitative estimate of drug-likeness (QED) is 0.744. The van der Waals surface area contributed by atoms with Gasteiger partial charge in [0.05, 0.1) is 31.9 Å². The van der Waals surface area contributed by atoms with E-state index in [0.29, 0.717) is 25.6 Å². The number of nitrogens with one attached hydrogen (secondary N) is 1. The smallest absolute Gasteiger partial charge is 0.220 e. The minimum Gasteiger partial charge on any atom is -0.497 e. The van der Waals surface area contributed by atoms with Crippen LogP contribution >= 0.6 is 0 Å². The Balaban J connectivity index is 1.23. The summed E-state index contributed by atoms with van der Waals surface area (Å²) < 4.78 is 17.1. The molecule has 4 rings (SSSR count). The van der Waals surface area contributed by atoms with Crippen LogP contribution in [0.3, 0.4) is 0 Å². The summed E-state index contributed by atoms with van der Waals surface area (Å²) in [5.74, 6) is 1.51. The van der Waals surface area contributed by atoms with Crippen LogP contribution < -0.4 is 10.1 Å². The second kappa shape index (κ2) is 10.2. The SMILES string of the molecule is COc1ccc2nccc(CCC3OCC(NC(=O)CC4CCCCC4)CO3)c2c1. The van der Waals surface area contributed by atoms with Crippen molar-refractivity contribution in [2.24, 2.45) is 5.92 Å². The molecule has 1 aliphatic carbocycles. The van der Waals surface area contributed by atoms with Gasteiger partial charge in [0.2, 0.25) is 5.91 Å². The van der Waals surface area contributed by atoms with Crippen LogP contribution in [0.4, 0.5) is 0 Å². The number of benzene rings is 1. The van der Waals surface area contributed by atoms with Crippen molar-refractivity contribution in [1.29, 1.82) is 0 Å². The van der Waals surface area contributed by atoms with E-state index in [0.717, 1.165) is 29.5 Å². The Labute approximate surface area is 178 Å². The third-order valence-corrected chi connectivity index (χ3v) is 6.22. The lowest BCUT2D eigenvalue weighted by atomic mass is 9.87. The fourth-order valence-electron chi connectivity index (χ4n) is 4.53. The molecule has 6 nitrogen and oxygen atoms in total. The summed E-state index contributed by atoms with van der Waals surface area (Å²) in [6.45, 7) is 1.01. The molecule has 0 atom stereocenters. The van der Waals surface area contributed by atoms with Crippen LogP contribution in [0, 0.1) is 5.92 Å². The second-order valence-corrected chi connectivity index (χ2v) is 8.46. The van der Waals surface area contributed by atoms with Gasteiger partial charge >= 0.3 is 0 Å². The molecule has 30 heavy (non-hydrogen) atoms. The number of hydrogen-bond acceptors (Lipinski definition) is 5. The molecule has 162 valence electrons. The number of hydrogen-bond donors (Lipinski definition) is 1. The predicted molar refractivity (Wildman–Crippen MR) is 115 cm³/mol. The zero-order valence-electron chi connectivity index (χ0n) is 17.8. The fourth-order valence-corrected chi connectivity index (χ4v) is 4.53. The molecule has 0 radical (unpaired) electrons. The summed E-state index contributed by atoms with van der Waals surface area (Å²) in [6.07, 6.45) is 10.0. The molecule has 6 heteroatoms. The maximum absolute atomic E-state index is 12.3. The van der Waals surface area contributed by atoms with Gasteiger partial charge in [0.25, 0.3) is 0 Å². The van der Waals surface area contributed by atoms with E-state index in [-0.39, 0.29) is 18.2 Å². The standard InChI is InChI=1S/C24H32N2O4/c1-28-20-8-9-22-21(14-20)18(11-12-25-22)7-10-24-29-15-19(16-30-24)26-23(27)13-17-5-3-2-4-6-17/h8-9,11-12,14,17,19,24H,2-7,10,13,15-16H2,1H3,(H,26,27). The Bertz CT molecular complexity index is 842. The number of aryl methyl sites for hydroxylation is 1. The lowest BCUT2D eigenvalue weighted by Crippen LogP contribution is -2.47. The Morgan fingerprint density at radius 3 is 2.73 bits per heavy atom. The van der Waals surface area contributed by atoms with Crippen LogP contribution in [-0.2, 0) is 20.7 Å². The van der Waals surface area contributed by atoms with Gasteiger partial charge in [-0.1, -0.05) is 19.3 Å². The minimum absolute atomic E-state index is 0.0524. The van der Waals surface area contributed by atoms with Crippen molar-refractivity contribution < 1.29 is 19.0 Å². The molecule has 1 N–H and O–H groups in total. The first-order valence-electron chi connectivity index (χ1n) is 11.2. The van der Waals surface area contributed by atoms with Gasteiger partial charge in [-0.15, -0.1) is 0 Å². The Morgan fingerprint density at radius 1 is 1.17 bits per heavy atom. The third kappa shape index (κ3) is 5.49. The van der Waals surface area contributed by atoms with Gasteiger partial charge in [0.1, 0.15) is 5.75 Å². The summed E-state index contributed by atoms with van der Waals surface area (Å²) in [5.41, 5.74) is 2.16. The Hall–Kier alpha value is -2.18. The normalized spacial score (nSPS) is 22.7. The van der Waals surface area contributed by atoms with Crippen LogP contribution in [-0.4, -0.2) is 43.5 Å². The Kier molecular flexibility index (Phi) is 7.18. The molecule has 1 amide bonds.